The van der Waals surface area contributed by atoms with E-state index in [1.807, 2.05) is 0 Å². The van der Waals surface area contributed by atoms with E-state index in [2.05, 4.69) is 149 Å². The standard InChI is InChI=1S/C45H32/c1-25-12-13-26-19-29-22-39-34-15-14-33-38-21-27-8-7-10-31(32-9-5-6-11-42(32)45(2,3)4)37(27)24-41(38)36-17-16-35(43(34)44(33)36)40(39)23-30(29)20-28(26)18-25/h5-24H,1-4H3. The van der Waals surface area contributed by atoms with Crippen molar-refractivity contribution in [2.45, 2.75) is 33.1 Å². The zero-order valence-electron chi connectivity index (χ0n) is 26.0. The molecule has 0 aliphatic heterocycles. The van der Waals surface area contributed by atoms with Gasteiger partial charge in [-0.25, -0.2) is 0 Å². The predicted molar refractivity (Wildman–Crippen MR) is 189 cm³/mol. The topological polar surface area (TPSA) is 0 Å². The van der Waals surface area contributed by atoms with E-state index in [1.54, 1.807) is 0 Å². The summed E-state index contributed by atoms with van der Waals surface area (Å²) in [5, 5.41) is 21.5. The van der Waals surface area contributed by atoms with Crippen molar-refractivity contribution in [1.82, 2.24) is 0 Å². The summed E-state index contributed by atoms with van der Waals surface area (Å²) in [5.41, 5.74) is 5.40. The Kier molecular flexibility index (Phi) is 4.75. The van der Waals surface area contributed by atoms with Gasteiger partial charge in [-0.2, -0.15) is 0 Å². The van der Waals surface area contributed by atoms with Crippen molar-refractivity contribution in [2.24, 2.45) is 0 Å². The van der Waals surface area contributed by atoms with Crippen molar-refractivity contribution in [2.75, 3.05) is 0 Å². The van der Waals surface area contributed by atoms with Gasteiger partial charge in [-0.05, 0) is 150 Å². The number of benzene rings is 8. The zero-order chi connectivity index (χ0) is 30.2. The molecule has 45 heavy (non-hydrogen) atoms. The van der Waals surface area contributed by atoms with Crippen LogP contribution in [-0.2, 0) is 5.41 Å². The molecule has 10 rings (SSSR count). The van der Waals surface area contributed by atoms with Gasteiger partial charge in [0.25, 0.3) is 0 Å². The molecule has 0 amide bonds. The molecule has 0 fully saturated rings. The Morgan fingerprint density at radius 3 is 1.56 bits per heavy atom. The maximum absolute atomic E-state index is 2.47. The highest BCUT2D eigenvalue weighted by molar-refractivity contribution is 6.00. The Hall–Kier alpha value is -5.20. The van der Waals surface area contributed by atoms with E-state index >= 15 is 0 Å². The summed E-state index contributed by atoms with van der Waals surface area (Å²) in [6.07, 6.45) is 0. The number of rotatable bonds is 1. The van der Waals surface area contributed by atoms with Gasteiger partial charge in [-0.3, -0.25) is 0 Å². The van der Waals surface area contributed by atoms with Crippen LogP contribution in [0.3, 0.4) is 0 Å². The lowest BCUT2D eigenvalue weighted by atomic mass is 9.81. The molecule has 0 saturated heterocycles. The summed E-state index contributed by atoms with van der Waals surface area (Å²) in [5.74, 6) is 0. The van der Waals surface area contributed by atoms with Crippen LogP contribution >= 0.6 is 0 Å². The molecule has 8 aromatic carbocycles. The molecule has 8 aromatic rings. The monoisotopic (exact) mass is 572 g/mol. The first-order valence-corrected chi connectivity index (χ1v) is 16.1. The van der Waals surface area contributed by atoms with Gasteiger partial charge >= 0.3 is 0 Å². The second-order valence-corrected chi connectivity index (χ2v) is 14.2. The molecule has 0 heteroatoms. The van der Waals surface area contributed by atoms with Gasteiger partial charge < -0.3 is 0 Å². The van der Waals surface area contributed by atoms with Gasteiger partial charge in [0, 0.05) is 0 Å². The summed E-state index contributed by atoms with van der Waals surface area (Å²) in [7, 11) is 0. The van der Waals surface area contributed by atoms with Crippen molar-refractivity contribution < 1.29 is 0 Å². The van der Waals surface area contributed by atoms with E-state index < -0.39 is 0 Å². The van der Waals surface area contributed by atoms with Gasteiger partial charge in [0.1, 0.15) is 0 Å². The molecule has 0 aromatic heterocycles. The first-order valence-electron chi connectivity index (χ1n) is 16.1. The summed E-state index contributed by atoms with van der Waals surface area (Å²) >= 11 is 0. The Labute approximate surface area is 260 Å². The smallest absolute Gasteiger partial charge is 0.00139 e. The number of hydrogen-bond acceptors (Lipinski definition) is 0. The van der Waals surface area contributed by atoms with Gasteiger partial charge in [0.2, 0.25) is 0 Å². The molecular weight excluding hydrogens is 540 g/mol. The maximum Gasteiger partial charge on any atom is -0.00139 e. The third-order valence-corrected chi connectivity index (χ3v) is 10.5. The lowest BCUT2D eigenvalue weighted by molar-refractivity contribution is 0.592. The summed E-state index contributed by atoms with van der Waals surface area (Å²) < 4.78 is 0. The average molecular weight is 573 g/mol. The van der Waals surface area contributed by atoms with Crippen molar-refractivity contribution in [3.05, 3.63) is 174 Å². The fourth-order valence-electron chi connectivity index (χ4n) is 8.39. The van der Waals surface area contributed by atoms with Gasteiger partial charge in [-0.15, -0.1) is 0 Å². The predicted octanol–water partition coefficient (Wildman–Crippen LogP) is 11.3. The van der Waals surface area contributed by atoms with Crippen molar-refractivity contribution in [3.63, 3.8) is 0 Å². The van der Waals surface area contributed by atoms with E-state index in [1.165, 1.54) is 107 Å². The molecule has 0 nitrogen and oxygen atoms in total. The van der Waals surface area contributed by atoms with E-state index in [4.69, 9.17) is 0 Å². The second kappa shape index (κ2) is 8.49. The first-order chi connectivity index (χ1) is 21.8. The SMILES string of the molecule is Cc1ccc2cc3cc4c(cc3cc2c1)=c1ccc2c3c(ccc=4c13)=c1cc3cccc(-c4ccccc4C(C)(C)C)c3cc1=2. The first kappa shape index (κ1) is 25.2. The van der Waals surface area contributed by atoms with Crippen LogP contribution in [0.5, 0.6) is 0 Å². The van der Waals surface area contributed by atoms with Crippen molar-refractivity contribution >= 4 is 43.1 Å². The van der Waals surface area contributed by atoms with Crippen LogP contribution in [0.15, 0.2) is 121 Å². The third kappa shape index (κ3) is 3.37. The molecule has 0 spiro atoms. The van der Waals surface area contributed by atoms with Gasteiger partial charge in [-0.1, -0.05) is 111 Å². The Balaban J connectivity index is 1.34. The van der Waals surface area contributed by atoms with E-state index in [0.29, 0.717) is 0 Å². The second-order valence-electron chi connectivity index (χ2n) is 14.2. The molecule has 0 heterocycles. The molecule has 0 bridgehead atoms. The van der Waals surface area contributed by atoms with Crippen LogP contribution in [-0.4, -0.2) is 0 Å². The molecule has 0 atom stereocenters. The van der Waals surface area contributed by atoms with E-state index in [-0.39, 0.29) is 5.41 Å². The third-order valence-electron chi connectivity index (χ3n) is 10.5. The zero-order valence-corrected chi connectivity index (χ0v) is 26.0. The highest BCUT2D eigenvalue weighted by atomic mass is 14.2. The highest BCUT2D eigenvalue weighted by Crippen LogP contribution is 2.38. The normalized spacial score (nSPS) is 12.9. The minimum absolute atomic E-state index is 0.0604. The summed E-state index contributed by atoms with van der Waals surface area (Å²) in [6, 6.07) is 46.5. The average Bonchev–Trinajstić information content (AvgIpc) is 3.52. The number of fused-ring (bicyclic) bond motifs is 5. The minimum atomic E-state index is 0.0604. The fraction of sp³-hybridized carbons (Fsp3) is 0.111. The number of aryl methyl sites for hydroxylation is 1. The number of hydrogen-bond donors (Lipinski definition) is 0. The Morgan fingerprint density at radius 1 is 0.378 bits per heavy atom. The molecule has 0 unspecified atom stereocenters. The van der Waals surface area contributed by atoms with E-state index in [0.717, 1.165) is 0 Å². The van der Waals surface area contributed by atoms with Crippen LogP contribution in [0.1, 0.15) is 31.9 Å². The molecule has 0 N–H and O–H groups in total. The largest absolute Gasteiger partial charge is 0.0619 e. The van der Waals surface area contributed by atoms with Crippen LogP contribution in [0.4, 0.5) is 0 Å². The fourth-order valence-corrected chi connectivity index (χ4v) is 8.39. The summed E-state index contributed by atoms with van der Waals surface area (Å²) in [4.78, 5) is 0. The lowest BCUT2D eigenvalue weighted by Crippen LogP contribution is -2.12. The van der Waals surface area contributed by atoms with Crippen LogP contribution in [0.25, 0.3) is 54.2 Å². The van der Waals surface area contributed by atoms with Gasteiger partial charge in [0.05, 0.1) is 0 Å². The summed E-state index contributed by atoms with van der Waals surface area (Å²) in [6.45, 7) is 9.11. The molecule has 0 radical (unpaired) electrons. The Morgan fingerprint density at radius 2 is 0.911 bits per heavy atom. The molecule has 2 aliphatic rings. The lowest BCUT2D eigenvalue weighted by Gasteiger charge is -2.23. The quantitative estimate of drug-likeness (QED) is 0.172. The molecule has 0 saturated carbocycles. The molecule has 2 aliphatic carbocycles. The van der Waals surface area contributed by atoms with Crippen LogP contribution in [0.2, 0.25) is 0 Å². The molecular formula is C45H32. The minimum Gasteiger partial charge on any atom is -0.0619 e. The van der Waals surface area contributed by atoms with E-state index in [9.17, 15) is 0 Å². The van der Waals surface area contributed by atoms with Crippen molar-refractivity contribution in [1.29, 1.82) is 0 Å². The molecule has 212 valence electrons. The Bertz CT molecular complexity index is 3070. The van der Waals surface area contributed by atoms with Crippen LogP contribution in [0, 0.1) is 48.7 Å². The van der Waals surface area contributed by atoms with Crippen LogP contribution < -0.4 is 0 Å². The highest BCUT2D eigenvalue weighted by Gasteiger charge is 2.20. The van der Waals surface area contributed by atoms with Gasteiger partial charge in [0.15, 0.2) is 0 Å². The van der Waals surface area contributed by atoms with Crippen molar-refractivity contribution in [3.8, 4) is 11.1 Å². The maximum atomic E-state index is 2.47.